The van der Waals surface area contributed by atoms with Crippen molar-refractivity contribution in [2.75, 3.05) is 0 Å². The molecule has 116 valence electrons. The van der Waals surface area contributed by atoms with Crippen LogP contribution in [-0.2, 0) is 9.53 Å². The minimum atomic E-state index is -0.702. The van der Waals surface area contributed by atoms with E-state index in [9.17, 15) is 9.90 Å². The summed E-state index contributed by atoms with van der Waals surface area (Å²) >= 11 is 0. The third kappa shape index (κ3) is 4.34. The third-order valence-electron chi connectivity index (χ3n) is 4.13. The molecule has 3 nitrogen and oxygen atoms in total. The smallest absolute Gasteiger partial charge is 0.312 e. The topological polar surface area (TPSA) is 46.5 Å². The van der Waals surface area contributed by atoms with E-state index < -0.39 is 11.4 Å². The number of carboxylic acids is 1. The van der Waals surface area contributed by atoms with Crippen LogP contribution in [0.25, 0.3) is 0 Å². The summed E-state index contributed by atoms with van der Waals surface area (Å²) in [5.74, 6) is 0.317. The Balaban J connectivity index is 2.57. The van der Waals surface area contributed by atoms with Gasteiger partial charge in [0.1, 0.15) is 0 Å². The molecule has 3 atom stereocenters. The SMILES string of the molecule is CC(=CCC(C)C)C(C)OC1C[C@@]1(CC(C)C)C(=O)O. The van der Waals surface area contributed by atoms with Gasteiger partial charge in [0.25, 0.3) is 0 Å². The van der Waals surface area contributed by atoms with Crippen LogP contribution in [0.1, 0.15) is 60.8 Å². The Hall–Kier alpha value is -0.830. The van der Waals surface area contributed by atoms with Crippen LogP contribution in [-0.4, -0.2) is 23.3 Å². The van der Waals surface area contributed by atoms with Crippen molar-refractivity contribution in [3.8, 4) is 0 Å². The van der Waals surface area contributed by atoms with E-state index in [4.69, 9.17) is 4.74 Å². The van der Waals surface area contributed by atoms with Gasteiger partial charge in [0.2, 0.25) is 0 Å². The quantitative estimate of drug-likeness (QED) is 0.676. The summed E-state index contributed by atoms with van der Waals surface area (Å²) in [6.45, 7) is 12.6. The van der Waals surface area contributed by atoms with Gasteiger partial charge in [-0.1, -0.05) is 33.8 Å². The summed E-state index contributed by atoms with van der Waals surface area (Å²) in [6.07, 6.45) is 4.49. The maximum absolute atomic E-state index is 11.5. The Morgan fingerprint density at radius 3 is 2.35 bits per heavy atom. The minimum absolute atomic E-state index is 0.00661. The van der Waals surface area contributed by atoms with Crippen molar-refractivity contribution < 1.29 is 14.6 Å². The van der Waals surface area contributed by atoms with Gasteiger partial charge in [0, 0.05) is 0 Å². The maximum Gasteiger partial charge on any atom is 0.312 e. The fraction of sp³-hybridized carbons (Fsp3) is 0.824. The molecule has 0 radical (unpaired) electrons. The van der Waals surface area contributed by atoms with E-state index >= 15 is 0 Å². The zero-order valence-corrected chi connectivity index (χ0v) is 13.8. The molecule has 0 saturated heterocycles. The molecular formula is C17H30O3. The standard InChI is InChI=1S/C17H30O3/c1-11(2)7-8-13(5)14(6)20-15-10-17(15,16(18)19)9-12(3)4/h8,11-12,14-15H,7,9-10H2,1-6H3,(H,18,19)/t14?,15?,17-/m1/s1. The van der Waals surface area contributed by atoms with Gasteiger partial charge in [-0.3, -0.25) is 4.79 Å². The molecule has 2 unspecified atom stereocenters. The predicted octanol–water partition coefficient (Wildman–Crippen LogP) is 4.27. The Kier molecular flexibility index (Phi) is 5.81. The first-order valence-electron chi connectivity index (χ1n) is 7.74. The fourth-order valence-electron chi connectivity index (χ4n) is 2.65. The summed E-state index contributed by atoms with van der Waals surface area (Å²) in [6, 6.07) is 0. The van der Waals surface area contributed by atoms with Crippen LogP contribution in [0, 0.1) is 17.3 Å². The molecule has 1 saturated carbocycles. The number of aliphatic carboxylic acids is 1. The van der Waals surface area contributed by atoms with E-state index in [1.54, 1.807) is 0 Å². The molecule has 0 aliphatic heterocycles. The van der Waals surface area contributed by atoms with E-state index in [0.29, 0.717) is 24.7 Å². The van der Waals surface area contributed by atoms with Gasteiger partial charge >= 0.3 is 5.97 Å². The second kappa shape index (κ2) is 6.75. The predicted molar refractivity (Wildman–Crippen MR) is 81.7 cm³/mol. The van der Waals surface area contributed by atoms with Gasteiger partial charge in [0.15, 0.2) is 0 Å². The van der Waals surface area contributed by atoms with E-state index in [1.165, 1.54) is 5.57 Å². The first-order chi connectivity index (χ1) is 9.19. The molecule has 1 rings (SSSR count). The molecule has 0 aromatic carbocycles. The van der Waals surface area contributed by atoms with Gasteiger partial charge in [-0.2, -0.15) is 0 Å². The summed E-state index contributed by atoms with van der Waals surface area (Å²) in [5, 5.41) is 9.46. The molecule has 1 fully saturated rings. The number of rotatable bonds is 8. The Labute approximate surface area is 123 Å². The number of carbonyl (C=O) groups is 1. The van der Waals surface area contributed by atoms with E-state index in [2.05, 4.69) is 40.7 Å². The van der Waals surface area contributed by atoms with Crippen LogP contribution >= 0.6 is 0 Å². The molecule has 20 heavy (non-hydrogen) atoms. The van der Waals surface area contributed by atoms with Crippen molar-refractivity contribution in [2.24, 2.45) is 17.3 Å². The van der Waals surface area contributed by atoms with Gasteiger partial charge in [0.05, 0.1) is 17.6 Å². The molecule has 1 aliphatic carbocycles. The average Bonchev–Trinajstić information content (AvgIpc) is 2.99. The molecule has 0 bridgehead atoms. The highest BCUT2D eigenvalue weighted by Crippen LogP contribution is 2.53. The van der Waals surface area contributed by atoms with Crippen LogP contribution in [0.2, 0.25) is 0 Å². The van der Waals surface area contributed by atoms with Crippen molar-refractivity contribution in [2.45, 2.75) is 73.0 Å². The monoisotopic (exact) mass is 282 g/mol. The van der Waals surface area contributed by atoms with Gasteiger partial charge in [-0.15, -0.1) is 0 Å². The summed E-state index contributed by atoms with van der Waals surface area (Å²) in [5.41, 5.74) is 0.565. The lowest BCUT2D eigenvalue weighted by molar-refractivity contribution is -0.146. The van der Waals surface area contributed by atoms with Crippen LogP contribution < -0.4 is 0 Å². The first-order valence-corrected chi connectivity index (χ1v) is 7.74. The number of allylic oxidation sites excluding steroid dienone is 1. The summed E-state index contributed by atoms with van der Waals surface area (Å²) in [4.78, 5) is 11.5. The lowest BCUT2D eigenvalue weighted by Crippen LogP contribution is -2.25. The van der Waals surface area contributed by atoms with Crippen LogP contribution in [0.3, 0.4) is 0 Å². The zero-order chi connectivity index (χ0) is 15.5. The van der Waals surface area contributed by atoms with Crippen molar-refractivity contribution in [1.29, 1.82) is 0 Å². The Morgan fingerprint density at radius 2 is 1.90 bits per heavy atom. The van der Waals surface area contributed by atoms with Gasteiger partial charge in [-0.05, 0) is 50.5 Å². The van der Waals surface area contributed by atoms with Crippen molar-refractivity contribution in [3.63, 3.8) is 0 Å². The normalized spacial score (nSPS) is 28.0. The maximum atomic E-state index is 11.5. The summed E-state index contributed by atoms with van der Waals surface area (Å²) < 4.78 is 5.98. The average molecular weight is 282 g/mol. The molecule has 0 amide bonds. The molecule has 1 N–H and O–H groups in total. The zero-order valence-electron chi connectivity index (χ0n) is 13.8. The second-order valence-corrected chi connectivity index (χ2v) is 7.11. The van der Waals surface area contributed by atoms with E-state index in [-0.39, 0.29) is 12.2 Å². The highest BCUT2D eigenvalue weighted by molar-refractivity contribution is 5.79. The van der Waals surface area contributed by atoms with Crippen molar-refractivity contribution >= 4 is 5.97 Å². The van der Waals surface area contributed by atoms with Crippen LogP contribution in [0.4, 0.5) is 0 Å². The molecular weight excluding hydrogens is 252 g/mol. The molecule has 0 heterocycles. The fourth-order valence-corrected chi connectivity index (χ4v) is 2.65. The van der Waals surface area contributed by atoms with Crippen LogP contribution in [0.15, 0.2) is 11.6 Å². The summed E-state index contributed by atoms with van der Waals surface area (Å²) in [7, 11) is 0. The molecule has 0 aromatic rings. The minimum Gasteiger partial charge on any atom is -0.481 e. The number of hydrogen-bond acceptors (Lipinski definition) is 2. The van der Waals surface area contributed by atoms with Gasteiger partial charge in [-0.25, -0.2) is 0 Å². The third-order valence-corrected chi connectivity index (χ3v) is 4.13. The lowest BCUT2D eigenvalue weighted by Gasteiger charge is -2.19. The largest absolute Gasteiger partial charge is 0.481 e. The lowest BCUT2D eigenvalue weighted by atomic mass is 9.94. The van der Waals surface area contributed by atoms with Gasteiger partial charge < -0.3 is 9.84 Å². The van der Waals surface area contributed by atoms with Crippen molar-refractivity contribution in [1.82, 2.24) is 0 Å². The number of hydrogen-bond donors (Lipinski definition) is 1. The Morgan fingerprint density at radius 1 is 1.30 bits per heavy atom. The van der Waals surface area contributed by atoms with Crippen molar-refractivity contribution in [3.05, 3.63) is 11.6 Å². The Bertz CT molecular complexity index is 370. The highest BCUT2D eigenvalue weighted by atomic mass is 16.5. The molecule has 0 spiro atoms. The number of ether oxygens (including phenoxy) is 1. The van der Waals surface area contributed by atoms with E-state index in [0.717, 1.165) is 6.42 Å². The van der Waals surface area contributed by atoms with Crippen LogP contribution in [0.5, 0.6) is 0 Å². The highest BCUT2D eigenvalue weighted by Gasteiger charge is 2.62. The number of carboxylic acid groups (broad SMARTS) is 1. The van der Waals surface area contributed by atoms with E-state index in [1.807, 2.05) is 6.92 Å². The second-order valence-electron chi connectivity index (χ2n) is 7.11. The molecule has 3 heteroatoms. The first kappa shape index (κ1) is 17.2. The molecule has 0 aromatic heterocycles. The molecule has 1 aliphatic rings.